The van der Waals surface area contributed by atoms with E-state index in [1.165, 1.54) is 11.8 Å². The van der Waals surface area contributed by atoms with Gasteiger partial charge < -0.3 is 0 Å². The lowest BCUT2D eigenvalue weighted by atomic mass is 10.1. The highest BCUT2D eigenvalue weighted by Gasteiger charge is 2.35. The number of hydrogen-bond donors (Lipinski definition) is 0. The maximum Gasteiger partial charge on any atom is 0.271 e. The minimum Gasteiger partial charge on any atom is -0.268 e. The summed E-state index contributed by atoms with van der Waals surface area (Å²) in [7, 11) is 0. The van der Waals surface area contributed by atoms with Crippen LogP contribution in [0.25, 0.3) is 5.57 Å². The number of carbonyl (C=O) groups excluding carboxylic acids is 1. The maximum absolute atomic E-state index is 13.0. The second-order valence-electron chi connectivity index (χ2n) is 5.45. The number of thioether (sulfide) groups is 1. The lowest BCUT2D eigenvalue weighted by Gasteiger charge is -2.18. The summed E-state index contributed by atoms with van der Waals surface area (Å²) in [4.78, 5) is 15.3. The molecule has 0 bridgehead atoms. The van der Waals surface area contributed by atoms with Gasteiger partial charge >= 0.3 is 0 Å². The molecule has 1 amide bonds. The fraction of sp³-hybridized carbons (Fsp3) is 0.158. The zero-order chi connectivity index (χ0) is 17.3. The molecule has 122 valence electrons. The van der Waals surface area contributed by atoms with Crippen molar-refractivity contribution >= 4 is 57.1 Å². The first-order chi connectivity index (χ1) is 11.5. The molecule has 5 heteroatoms. The van der Waals surface area contributed by atoms with Crippen molar-refractivity contribution in [3.8, 4) is 0 Å². The fourth-order valence-corrected chi connectivity index (χ4v) is 4.12. The molecular formula is C19H16ClNOS2. The van der Waals surface area contributed by atoms with Crippen LogP contribution in [0.1, 0.15) is 25.0 Å². The lowest BCUT2D eigenvalue weighted by molar-refractivity contribution is -0.113. The Balaban J connectivity index is 2.03. The number of amides is 1. The third-order valence-corrected chi connectivity index (χ3v) is 5.73. The summed E-state index contributed by atoms with van der Waals surface area (Å²) < 4.78 is 0.573. The van der Waals surface area contributed by atoms with E-state index in [0.29, 0.717) is 14.2 Å². The van der Waals surface area contributed by atoms with E-state index < -0.39 is 0 Å². The number of halogens is 1. The highest BCUT2D eigenvalue weighted by atomic mass is 35.5. The van der Waals surface area contributed by atoms with Gasteiger partial charge in [-0.3, -0.25) is 9.69 Å². The topological polar surface area (TPSA) is 20.3 Å². The van der Waals surface area contributed by atoms with Crippen LogP contribution in [0.5, 0.6) is 0 Å². The van der Waals surface area contributed by atoms with Gasteiger partial charge in [-0.05, 0) is 48.2 Å². The molecule has 0 unspecified atom stereocenters. The van der Waals surface area contributed by atoms with Gasteiger partial charge in [0.15, 0.2) is 4.32 Å². The van der Waals surface area contributed by atoms with Crippen LogP contribution < -0.4 is 4.90 Å². The molecule has 2 aromatic rings. The third kappa shape index (κ3) is 3.14. The van der Waals surface area contributed by atoms with E-state index in [-0.39, 0.29) is 5.91 Å². The number of para-hydroxylation sites is 1. The normalized spacial score (nSPS) is 16.7. The monoisotopic (exact) mass is 373 g/mol. The van der Waals surface area contributed by atoms with Crippen LogP contribution in [0.15, 0.2) is 53.4 Å². The van der Waals surface area contributed by atoms with Crippen molar-refractivity contribution < 1.29 is 4.79 Å². The predicted octanol–water partition coefficient (Wildman–Crippen LogP) is 5.70. The molecule has 1 aliphatic rings. The Morgan fingerprint density at radius 3 is 2.50 bits per heavy atom. The highest BCUT2D eigenvalue weighted by Crippen LogP contribution is 2.40. The van der Waals surface area contributed by atoms with Crippen LogP contribution in [0.4, 0.5) is 5.69 Å². The van der Waals surface area contributed by atoms with Gasteiger partial charge in [-0.1, -0.05) is 72.8 Å². The number of aryl methyl sites for hydroxylation is 1. The standard InChI is InChI=1S/C19H16ClNOS2/c1-3-13-6-4-5-7-16(13)21-18(22)17(24-19(21)23)12(2)14-8-10-15(20)11-9-14/h4-11H,3H2,1-2H3/b17-12-. The summed E-state index contributed by atoms with van der Waals surface area (Å²) in [5.74, 6) is -0.0571. The molecule has 2 aromatic carbocycles. The molecular weight excluding hydrogens is 358 g/mol. The zero-order valence-electron chi connectivity index (χ0n) is 13.4. The van der Waals surface area contributed by atoms with Crippen LogP contribution in [0.2, 0.25) is 5.02 Å². The average Bonchev–Trinajstić information content (AvgIpc) is 2.89. The first-order valence-electron chi connectivity index (χ1n) is 7.64. The first kappa shape index (κ1) is 17.2. The molecule has 0 radical (unpaired) electrons. The summed E-state index contributed by atoms with van der Waals surface area (Å²) in [5.41, 5.74) is 3.88. The molecule has 1 fully saturated rings. The predicted molar refractivity (Wildman–Crippen MR) is 108 cm³/mol. The van der Waals surface area contributed by atoms with E-state index >= 15 is 0 Å². The van der Waals surface area contributed by atoms with Gasteiger partial charge in [0.05, 0.1) is 10.6 Å². The first-order valence-corrected chi connectivity index (χ1v) is 9.24. The van der Waals surface area contributed by atoms with Gasteiger partial charge in [-0.2, -0.15) is 0 Å². The summed E-state index contributed by atoms with van der Waals surface area (Å²) in [6, 6.07) is 15.4. The molecule has 24 heavy (non-hydrogen) atoms. The van der Waals surface area contributed by atoms with Crippen molar-refractivity contribution in [2.24, 2.45) is 0 Å². The summed E-state index contributed by atoms with van der Waals surface area (Å²) in [6.45, 7) is 4.02. The molecule has 1 heterocycles. The smallest absolute Gasteiger partial charge is 0.268 e. The van der Waals surface area contributed by atoms with Crippen LogP contribution in [0.3, 0.4) is 0 Å². The zero-order valence-corrected chi connectivity index (χ0v) is 15.8. The van der Waals surface area contributed by atoms with Crippen molar-refractivity contribution in [3.63, 3.8) is 0 Å². The number of thiocarbonyl (C=S) groups is 1. The number of carbonyl (C=O) groups is 1. The van der Waals surface area contributed by atoms with Crippen LogP contribution in [-0.4, -0.2) is 10.2 Å². The molecule has 1 saturated heterocycles. The Kier molecular flexibility index (Phi) is 5.09. The van der Waals surface area contributed by atoms with E-state index in [9.17, 15) is 4.79 Å². The van der Waals surface area contributed by atoms with E-state index in [1.54, 1.807) is 4.90 Å². The summed E-state index contributed by atoms with van der Waals surface area (Å²) in [6.07, 6.45) is 0.850. The van der Waals surface area contributed by atoms with E-state index in [0.717, 1.165) is 28.8 Å². The number of rotatable bonds is 3. The molecule has 2 nitrogen and oxygen atoms in total. The van der Waals surface area contributed by atoms with Crippen molar-refractivity contribution in [2.75, 3.05) is 4.90 Å². The average molecular weight is 374 g/mol. The molecule has 0 aliphatic carbocycles. The Labute approximate surface area is 156 Å². The van der Waals surface area contributed by atoms with Crippen LogP contribution >= 0.6 is 35.6 Å². The van der Waals surface area contributed by atoms with Gasteiger partial charge in [0.1, 0.15) is 0 Å². The Morgan fingerprint density at radius 2 is 1.83 bits per heavy atom. The van der Waals surface area contributed by atoms with Crippen LogP contribution in [-0.2, 0) is 11.2 Å². The van der Waals surface area contributed by atoms with E-state index in [4.69, 9.17) is 23.8 Å². The highest BCUT2D eigenvalue weighted by molar-refractivity contribution is 8.27. The van der Waals surface area contributed by atoms with E-state index in [1.807, 2.05) is 55.5 Å². The van der Waals surface area contributed by atoms with Gasteiger partial charge in [0.25, 0.3) is 5.91 Å². The van der Waals surface area contributed by atoms with Crippen molar-refractivity contribution in [1.82, 2.24) is 0 Å². The van der Waals surface area contributed by atoms with Crippen molar-refractivity contribution in [1.29, 1.82) is 0 Å². The molecule has 0 atom stereocenters. The molecule has 0 spiro atoms. The third-order valence-electron chi connectivity index (χ3n) is 4.00. The maximum atomic E-state index is 13.0. The number of nitrogens with zero attached hydrogens (tertiary/aromatic N) is 1. The molecule has 3 rings (SSSR count). The van der Waals surface area contributed by atoms with Crippen molar-refractivity contribution in [2.45, 2.75) is 20.3 Å². The van der Waals surface area contributed by atoms with Gasteiger partial charge in [0, 0.05) is 5.02 Å². The SMILES string of the molecule is CCc1ccccc1N1C(=O)/C(=C(\C)c2ccc(Cl)cc2)SC1=S. The molecule has 0 N–H and O–H groups in total. The van der Waals surface area contributed by atoms with E-state index in [2.05, 4.69) is 6.92 Å². The number of allylic oxidation sites excluding steroid dienone is 1. The number of anilines is 1. The second kappa shape index (κ2) is 7.09. The Hall–Kier alpha value is -1.62. The largest absolute Gasteiger partial charge is 0.271 e. The quantitative estimate of drug-likeness (QED) is 0.508. The summed E-state index contributed by atoms with van der Waals surface area (Å²) in [5, 5.41) is 0.677. The molecule has 0 saturated carbocycles. The number of hydrogen-bond acceptors (Lipinski definition) is 3. The van der Waals surface area contributed by atoms with Crippen LogP contribution in [0, 0.1) is 0 Å². The second-order valence-corrected chi connectivity index (χ2v) is 7.53. The Bertz CT molecular complexity index is 843. The van der Waals surface area contributed by atoms with Crippen molar-refractivity contribution in [3.05, 3.63) is 69.6 Å². The minimum atomic E-state index is -0.0571. The van der Waals surface area contributed by atoms with Gasteiger partial charge in [-0.15, -0.1) is 0 Å². The fourth-order valence-electron chi connectivity index (χ4n) is 2.66. The summed E-state index contributed by atoms with van der Waals surface area (Å²) >= 11 is 12.8. The number of benzene rings is 2. The lowest BCUT2D eigenvalue weighted by Crippen LogP contribution is -2.28. The van der Waals surface area contributed by atoms with Gasteiger partial charge in [-0.25, -0.2) is 0 Å². The Morgan fingerprint density at radius 1 is 1.17 bits per heavy atom. The molecule has 1 aliphatic heterocycles. The minimum absolute atomic E-state index is 0.0571. The molecule has 0 aromatic heterocycles. The van der Waals surface area contributed by atoms with Gasteiger partial charge in [0.2, 0.25) is 0 Å².